The molecular weight excluding hydrogens is 350 g/mol. The van der Waals surface area contributed by atoms with Crippen LogP contribution in [0, 0.1) is 13.8 Å². The lowest BCUT2D eigenvalue weighted by Gasteiger charge is -2.14. The number of pyridine rings is 1. The highest BCUT2D eigenvalue weighted by Gasteiger charge is 2.14. The van der Waals surface area contributed by atoms with E-state index in [4.69, 9.17) is 0 Å². The summed E-state index contributed by atoms with van der Waals surface area (Å²) in [4.78, 5) is 29.2. The number of hydrogen-bond donors (Lipinski definition) is 2. The lowest BCUT2D eigenvalue weighted by molar-refractivity contribution is 0.0939. The van der Waals surface area contributed by atoms with Gasteiger partial charge in [0.25, 0.3) is 11.8 Å². The molecule has 1 atom stereocenters. The zero-order chi connectivity index (χ0) is 20.1. The fraction of sp³-hybridized carbons (Fsp3) is 0.174. The molecular formula is C23H23N3O2. The summed E-state index contributed by atoms with van der Waals surface area (Å²) in [6.07, 6.45) is 2.91. The molecule has 0 bridgehead atoms. The van der Waals surface area contributed by atoms with Crippen LogP contribution >= 0.6 is 0 Å². The molecule has 3 aromatic rings. The highest BCUT2D eigenvalue weighted by molar-refractivity contribution is 6.05. The van der Waals surface area contributed by atoms with Gasteiger partial charge in [0.1, 0.15) is 0 Å². The fourth-order valence-corrected chi connectivity index (χ4v) is 2.82. The first kappa shape index (κ1) is 19.3. The molecule has 0 saturated heterocycles. The van der Waals surface area contributed by atoms with Crippen molar-refractivity contribution in [2.24, 2.45) is 0 Å². The van der Waals surface area contributed by atoms with Gasteiger partial charge in [-0.1, -0.05) is 36.4 Å². The van der Waals surface area contributed by atoms with E-state index < -0.39 is 0 Å². The second-order valence-electron chi connectivity index (χ2n) is 6.82. The third kappa shape index (κ3) is 4.62. The standard InChI is InChI=1S/C23H23N3O2/c1-15-9-10-21(11-16(15)2)26-23(28)20-12-19(13-24-14-20)22(27)25-17(3)18-7-5-4-6-8-18/h4-14,17H,1-3H3,(H,25,27)(H,26,28). The molecule has 2 amide bonds. The molecule has 0 aliphatic carbocycles. The maximum atomic E-state index is 12.6. The molecule has 3 rings (SSSR count). The molecule has 1 unspecified atom stereocenters. The van der Waals surface area contributed by atoms with Crippen LogP contribution in [0.25, 0.3) is 0 Å². The molecule has 1 heterocycles. The molecule has 5 nitrogen and oxygen atoms in total. The van der Waals surface area contributed by atoms with Gasteiger partial charge in [0.15, 0.2) is 0 Å². The van der Waals surface area contributed by atoms with E-state index in [1.807, 2.05) is 69.3 Å². The SMILES string of the molecule is Cc1ccc(NC(=O)c2cncc(C(=O)NC(C)c3ccccc3)c2)cc1C. The normalized spacial score (nSPS) is 11.5. The summed E-state index contributed by atoms with van der Waals surface area (Å²) in [6.45, 7) is 5.92. The Bertz CT molecular complexity index is 1000. The van der Waals surface area contributed by atoms with Crippen molar-refractivity contribution in [2.75, 3.05) is 5.32 Å². The second-order valence-corrected chi connectivity index (χ2v) is 6.82. The number of benzene rings is 2. The minimum absolute atomic E-state index is 0.151. The third-order valence-electron chi connectivity index (χ3n) is 4.67. The molecule has 2 N–H and O–H groups in total. The average Bonchev–Trinajstić information content (AvgIpc) is 2.71. The van der Waals surface area contributed by atoms with Gasteiger partial charge in [0, 0.05) is 18.1 Å². The van der Waals surface area contributed by atoms with Crippen LogP contribution in [0.3, 0.4) is 0 Å². The van der Waals surface area contributed by atoms with E-state index >= 15 is 0 Å². The van der Waals surface area contributed by atoms with Gasteiger partial charge in [0.2, 0.25) is 0 Å². The number of amides is 2. The van der Waals surface area contributed by atoms with Gasteiger partial charge in [-0.25, -0.2) is 0 Å². The average molecular weight is 373 g/mol. The van der Waals surface area contributed by atoms with Crippen LogP contribution in [-0.2, 0) is 0 Å². The Kier molecular flexibility index (Phi) is 5.84. The topological polar surface area (TPSA) is 71.1 Å². The molecule has 142 valence electrons. The van der Waals surface area contributed by atoms with Crippen LogP contribution < -0.4 is 10.6 Å². The van der Waals surface area contributed by atoms with E-state index in [1.165, 1.54) is 12.4 Å². The summed E-state index contributed by atoms with van der Waals surface area (Å²) in [7, 11) is 0. The summed E-state index contributed by atoms with van der Waals surface area (Å²) < 4.78 is 0. The Morgan fingerprint density at radius 3 is 2.21 bits per heavy atom. The zero-order valence-corrected chi connectivity index (χ0v) is 16.2. The summed E-state index contributed by atoms with van der Waals surface area (Å²) in [6, 6.07) is 16.8. The highest BCUT2D eigenvalue weighted by Crippen LogP contribution is 2.16. The molecule has 5 heteroatoms. The van der Waals surface area contributed by atoms with Gasteiger partial charge >= 0.3 is 0 Å². The van der Waals surface area contributed by atoms with Crippen LogP contribution in [0.2, 0.25) is 0 Å². The number of carbonyl (C=O) groups is 2. The van der Waals surface area contributed by atoms with E-state index in [1.54, 1.807) is 6.07 Å². The van der Waals surface area contributed by atoms with Crippen molar-refractivity contribution in [2.45, 2.75) is 26.8 Å². The van der Waals surface area contributed by atoms with E-state index in [2.05, 4.69) is 15.6 Å². The number of nitrogens with zero attached hydrogens (tertiary/aromatic N) is 1. The molecule has 0 aliphatic rings. The molecule has 28 heavy (non-hydrogen) atoms. The smallest absolute Gasteiger partial charge is 0.257 e. The number of aromatic nitrogens is 1. The van der Waals surface area contributed by atoms with Crippen LogP contribution in [-0.4, -0.2) is 16.8 Å². The molecule has 0 fully saturated rings. The lowest BCUT2D eigenvalue weighted by atomic mass is 10.1. The Morgan fingerprint density at radius 1 is 0.857 bits per heavy atom. The summed E-state index contributed by atoms with van der Waals surface area (Å²) in [5, 5.41) is 5.78. The first-order valence-corrected chi connectivity index (χ1v) is 9.13. The predicted octanol–water partition coefficient (Wildman–Crippen LogP) is 4.44. The largest absolute Gasteiger partial charge is 0.345 e. The van der Waals surface area contributed by atoms with Gasteiger partial charge in [-0.15, -0.1) is 0 Å². The van der Waals surface area contributed by atoms with Gasteiger partial charge in [0.05, 0.1) is 17.2 Å². The van der Waals surface area contributed by atoms with Crippen LogP contribution in [0.5, 0.6) is 0 Å². The van der Waals surface area contributed by atoms with Crippen LogP contribution in [0.4, 0.5) is 5.69 Å². The van der Waals surface area contributed by atoms with E-state index in [0.29, 0.717) is 16.8 Å². The van der Waals surface area contributed by atoms with Gasteiger partial charge in [-0.2, -0.15) is 0 Å². The summed E-state index contributed by atoms with van der Waals surface area (Å²) in [5.41, 5.74) is 4.65. The number of carbonyl (C=O) groups excluding carboxylic acids is 2. The van der Waals surface area contributed by atoms with Crippen molar-refractivity contribution in [3.8, 4) is 0 Å². The minimum Gasteiger partial charge on any atom is -0.345 e. The van der Waals surface area contributed by atoms with Gasteiger partial charge in [-0.05, 0) is 55.7 Å². The monoisotopic (exact) mass is 373 g/mol. The quantitative estimate of drug-likeness (QED) is 0.694. The van der Waals surface area contributed by atoms with Crippen molar-refractivity contribution in [1.82, 2.24) is 10.3 Å². The number of anilines is 1. The predicted molar refractivity (Wildman–Crippen MR) is 110 cm³/mol. The van der Waals surface area contributed by atoms with Crippen LogP contribution in [0.1, 0.15) is 50.4 Å². The first-order chi connectivity index (χ1) is 13.4. The molecule has 0 spiro atoms. The Hall–Kier alpha value is -3.47. The van der Waals surface area contributed by atoms with E-state index in [-0.39, 0.29) is 17.9 Å². The van der Waals surface area contributed by atoms with Gasteiger partial charge < -0.3 is 10.6 Å². The summed E-state index contributed by atoms with van der Waals surface area (Å²) >= 11 is 0. The third-order valence-corrected chi connectivity index (χ3v) is 4.67. The maximum Gasteiger partial charge on any atom is 0.257 e. The second kappa shape index (κ2) is 8.48. The van der Waals surface area contributed by atoms with Gasteiger partial charge in [-0.3, -0.25) is 14.6 Å². The summed E-state index contributed by atoms with van der Waals surface area (Å²) in [5.74, 6) is -0.578. The molecule has 0 radical (unpaired) electrons. The Morgan fingerprint density at radius 2 is 1.54 bits per heavy atom. The van der Waals surface area contributed by atoms with Crippen molar-refractivity contribution in [3.05, 3.63) is 94.8 Å². The minimum atomic E-state index is -0.304. The molecule has 1 aromatic heterocycles. The van der Waals surface area contributed by atoms with Crippen molar-refractivity contribution >= 4 is 17.5 Å². The molecule has 0 aliphatic heterocycles. The van der Waals surface area contributed by atoms with E-state index in [0.717, 1.165) is 16.7 Å². The zero-order valence-electron chi connectivity index (χ0n) is 16.2. The van der Waals surface area contributed by atoms with Crippen LogP contribution in [0.15, 0.2) is 67.0 Å². The number of hydrogen-bond acceptors (Lipinski definition) is 3. The first-order valence-electron chi connectivity index (χ1n) is 9.13. The number of nitrogens with one attached hydrogen (secondary N) is 2. The van der Waals surface area contributed by atoms with Crippen molar-refractivity contribution < 1.29 is 9.59 Å². The number of rotatable bonds is 5. The Labute approximate surface area is 164 Å². The molecule has 0 saturated carbocycles. The van der Waals surface area contributed by atoms with E-state index in [9.17, 15) is 9.59 Å². The van der Waals surface area contributed by atoms with Crippen molar-refractivity contribution in [1.29, 1.82) is 0 Å². The maximum absolute atomic E-state index is 12.6. The van der Waals surface area contributed by atoms with Crippen molar-refractivity contribution in [3.63, 3.8) is 0 Å². The highest BCUT2D eigenvalue weighted by atomic mass is 16.2. The number of aryl methyl sites for hydroxylation is 2. The fourth-order valence-electron chi connectivity index (χ4n) is 2.82. The Balaban J connectivity index is 1.71. The molecule has 2 aromatic carbocycles. The lowest BCUT2D eigenvalue weighted by Crippen LogP contribution is -2.27.